The van der Waals surface area contributed by atoms with E-state index in [1.54, 1.807) is 0 Å². The van der Waals surface area contributed by atoms with Crippen molar-refractivity contribution in [2.45, 2.75) is 18.9 Å². The molecule has 0 amide bonds. The summed E-state index contributed by atoms with van der Waals surface area (Å²) in [5, 5.41) is 10.4. The van der Waals surface area contributed by atoms with Crippen LogP contribution in [-0.4, -0.2) is 18.2 Å². The summed E-state index contributed by atoms with van der Waals surface area (Å²) in [5.74, 6) is -0.388. The molecule has 1 aliphatic carbocycles. The van der Waals surface area contributed by atoms with Gasteiger partial charge in [0.1, 0.15) is 0 Å². The molecule has 0 saturated heterocycles. The number of methoxy groups -OCH3 is 1. The third-order valence-corrected chi connectivity index (χ3v) is 4.04. The van der Waals surface area contributed by atoms with E-state index >= 15 is 0 Å². The van der Waals surface area contributed by atoms with Crippen LogP contribution in [0, 0.1) is 11.8 Å². The lowest BCUT2D eigenvalue weighted by Gasteiger charge is -2.27. The molecule has 3 atom stereocenters. The molecule has 1 aromatic rings. The first-order chi connectivity index (χ1) is 9.11. The van der Waals surface area contributed by atoms with Gasteiger partial charge in [0.2, 0.25) is 0 Å². The number of allylic oxidation sites excluding steroid dienone is 1. The van der Waals surface area contributed by atoms with E-state index in [9.17, 15) is 9.90 Å². The van der Waals surface area contributed by atoms with Crippen molar-refractivity contribution in [1.29, 1.82) is 0 Å². The quantitative estimate of drug-likeness (QED) is 0.685. The zero-order valence-electron chi connectivity index (χ0n) is 10.8. The van der Waals surface area contributed by atoms with E-state index < -0.39 is 6.10 Å². The van der Waals surface area contributed by atoms with E-state index in [0.717, 1.165) is 10.0 Å². The molecule has 1 N–H and O–H groups in total. The molecule has 0 unspecified atom stereocenters. The maximum Gasteiger partial charge on any atom is 0.308 e. The molecule has 0 saturated carbocycles. The average molecular weight is 325 g/mol. The molecule has 19 heavy (non-hydrogen) atoms. The normalized spacial score (nSPS) is 23.9. The summed E-state index contributed by atoms with van der Waals surface area (Å²) in [6.07, 6.45) is 4.68. The fraction of sp³-hybridized carbons (Fsp3) is 0.400. The molecule has 0 aromatic heterocycles. The van der Waals surface area contributed by atoms with Crippen molar-refractivity contribution in [1.82, 2.24) is 0 Å². The van der Waals surface area contributed by atoms with Crippen LogP contribution in [0.4, 0.5) is 0 Å². The van der Waals surface area contributed by atoms with Gasteiger partial charge in [0.15, 0.2) is 0 Å². The topological polar surface area (TPSA) is 46.5 Å². The highest BCUT2D eigenvalue weighted by Gasteiger charge is 2.29. The predicted molar refractivity (Wildman–Crippen MR) is 76.5 cm³/mol. The molecule has 0 spiro atoms. The number of carbonyl (C=O) groups excluding carboxylic acids is 1. The van der Waals surface area contributed by atoms with Gasteiger partial charge < -0.3 is 9.84 Å². The average Bonchev–Trinajstić information content (AvgIpc) is 2.46. The Bertz CT molecular complexity index is 467. The SMILES string of the molecule is COC(=O)[C@@H]1CC=C[C@@H]([C@@H](O)c2ccc(Br)cc2)C1. The molecule has 0 radical (unpaired) electrons. The van der Waals surface area contributed by atoms with Crippen LogP contribution >= 0.6 is 15.9 Å². The lowest BCUT2D eigenvalue weighted by atomic mass is 9.81. The van der Waals surface area contributed by atoms with Gasteiger partial charge in [-0.3, -0.25) is 4.79 Å². The van der Waals surface area contributed by atoms with Gasteiger partial charge in [0.25, 0.3) is 0 Å². The second kappa shape index (κ2) is 6.35. The van der Waals surface area contributed by atoms with Crippen molar-refractivity contribution in [2.75, 3.05) is 7.11 Å². The second-order valence-corrected chi connectivity index (χ2v) is 5.70. The number of benzene rings is 1. The van der Waals surface area contributed by atoms with Gasteiger partial charge in [-0.15, -0.1) is 0 Å². The molecular weight excluding hydrogens is 308 g/mol. The second-order valence-electron chi connectivity index (χ2n) is 4.78. The summed E-state index contributed by atoms with van der Waals surface area (Å²) < 4.78 is 5.76. The van der Waals surface area contributed by atoms with Gasteiger partial charge in [0, 0.05) is 10.4 Å². The Morgan fingerprint density at radius 3 is 2.74 bits per heavy atom. The Morgan fingerprint density at radius 2 is 2.11 bits per heavy atom. The first-order valence-electron chi connectivity index (χ1n) is 6.30. The summed E-state index contributed by atoms with van der Waals surface area (Å²) in [6.45, 7) is 0. The Balaban J connectivity index is 2.09. The monoisotopic (exact) mass is 324 g/mol. The third-order valence-electron chi connectivity index (χ3n) is 3.51. The minimum atomic E-state index is -0.586. The largest absolute Gasteiger partial charge is 0.469 e. The minimum Gasteiger partial charge on any atom is -0.469 e. The van der Waals surface area contributed by atoms with Gasteiger partial charge in [-0.1, -0.05) is 40.2 Å². The highest BCUT2D eigenvalue weighted by Crippen LogP contribution is 2.34. The van der Waals surface area contributed by atoms with Gasteiger partial charge in [0.05, 0.1) is 19.1 Å². The Morgan fingerprint density at radius 1 is 1.42 bits per heavy atom. The number of hydrogen-bond acceptors (Lipinski definition) is 3. The lowest BCUT2D eigenvalue weighted by molar-refractivity contribution is -0.146. The van der Waals surface area contributed by atoms with E-state index in [2.05, 4.69) is 15.9 Å². The number of halogens is 1. The van der Waals surface area contributed by atoms with Gasteiger partial charge in [-0.05, 0) is 30.5 Å². The maximum absolute atomic E-state index is 11.6. The van der Waals surface area contributed by atoms with E-state index in [1.807, 2.05) is 36.4 Å². The van der Waals surface area contributed by atoms with Crippen LogP contribution in [0.1, 0.15) is 24.5 Å². The van der Waals surface area contributed by atoms with Gasteiger partial charge in [-0.2, -0.15) is 0 Å². The minimum absolute atomic E-state index is 0.0426. The van der Waals surface area contributed by atoms with E-state index in [0.29, 0.717) is 12.8 Å². The zero-order valence-corrected chi connectivity index (χ0v) is 12.3. The van der Waals surface area contributed by atoms with Crippen molar-refractivity contribution in [3.8, 4) is 0 Å². The van der Waals surface area contributed by atoms with Crippen LogP contribution < -0.4 is 0 Å². The number of rotatable bonds is 3. The van der Waals surface area contributed by atoms with Crippen LogP contribution in [0.25, 0.3) is 0 Å². The smallest absolute Gasteiger partial charge is 0.308 e. The van der Waals surface area contributed by atoms with E-state index in [4.69, 9.17) is 4.74 Å². The molecule has 0 fully saturated rings. The molecule has 4 heteroatoms. The van der Waals surface area contributed by atoms with E-state index in [-0.39, 0.29) is 17.8 Å². The van der Waals surface area contributed by atoms with Crippen molar-refractivity contribution in [3.05, 3.63) is 46.5 Å². The number of aliphatic hydroxyl groups excluding tert-OH is 1. The van der Waals surface area contributed by atoms with Crippen LogP contribution in [-0.2, 0) is 9.53 Å². The number of carbonyl (C=O) groups is 1. The number of aliphatic hydroxyl groups is 1. The maximum atomic E-state index is 11.6. The van der Waals surface area contributed by atoms with Crippen molar-refractivity contribution in [2.24, 2.45) is 11.8 Å². The summed E-state index contributed by atoms with van der Waals surface area (Å²) in [7, 11) is 1.40. The Labute approximate surface area is 121 Å². The molecule has 0 aliphatic heterocycles. The molecular formula is C15H17BrO3. The molecule has 0 bridgehead atoms. The summed E-state index contributed by atoms with van der Waals surface area (Å²) in [4.78, 5) is 11.6. The fourth-order valence-electron chi connectivity index (χ4n) is 2.42. The Kier molecular flexibility index (Phi) is 4.77. The zero-order chi connectivity index (χ0) is 13.8. The van der Waals surface area contributed by atoms with Crippen LogP contribution in [0.15, 0.2) is 40.9 Å². The van der Waals surface area contributed by atoms with Crippen molar-refractivity contribution >= 4 is 21.9 Å². The molecule has 0 heterocycles. The first-order valence-corrected chi connectivity index (χ1v) is 7.09. The molecule has 1 aromatic carbocycles. The number of hydrogen-bond donors (Lipinski definition) is 1. The van der Waals surface area contributed by atoms with E-state index in [1.165, 1.54) is 7.11 Å². The predicted octanol–water partition coefficient (Wildman–Crippen LogP) is 3.24. The van der Waals surface area contributed by atoms with Crippen molar-refractivity contribution in [3.63, 3.8) is 0 Å². The highest BCUT2D eigenvalue weighted by atomic mass is 79.9. The van der Waals surface area contributed by atoms with Crippen LogP contribution in [0.5, 0.6) is 0 Å². The van der Waals surface area contributed by atoms with Gasteiger partial charge in [-0.25, -0.2) is 0 Å². The summed E-state index contributed by atoms with van der Waals surface area (Å²) >= 11 is 3.37. The number of esters is 1. The fourth-order valence-corrected chi connectivity index (χ4v) is 2.69. The van der Waals surface area contributed by atoms with Crippen molar-refractivity contribution < 1.29 is 14.6 Å². The Hall–Kier alpha value is -1.13. The molecule has 2 rings (SSSR count). The summed E-state index contributed by atoms with van der Waals surface area (Å²) in [6, 6.07) is 7.60. The van der Waals surface area contributed by atoms with Crippen LogP contribution in [0.2, 0.25) is 0 Å². The summed E-state index contributed by atoms with van der Waals surface area (Å²) in [5.41, 5.74) is 0.864. The standard InChI is InChI=1S/C15H17BrO3/c1-19-15(18)12-4-2-3-11(9-12)14(17)10-5-7-13(16)8-6-10/h2-3,5-8,11-12,14,17H,4,9H2,1H3/t11-,12-,14+/m1/s1. The first kappa shape index (κ1) is 14.3. The van der Waals surface area contributed by atoms with Crippen LogP contribution in [0.3, 0.4) is 0 Å². The molecule has 102 valence electrons. The molecule has 3 nitrogen and oxygen atoms in total. The highest BCUT2D eigenvalue weighted by molar-refractivity contribution is 9.10. The number of ether oxygens (including phenoxy) is 1. The lowest BCUT2D eigenvalue weighted by Crippen LogP contribution is -2.24. The van der Waals surface area contributed by atoms with Gasteiger partial charge >= 0.3 is 5.97 Å². The molecule has 1 aliphatic rings. The third kappa shape index (κ3) is 3.45.